The highest BCUT2D eigenvalue weighted by Gasteiger charge is 2.16. The number of carbonyl (C=O) groups is 1. The van der Waals surface area contributed by atoms with Crippen molar-refractivity contribution in [2.75, 3.05) is 19.8 Å². The summed E-state index contributed by atoms with van der Waals surface area (Å²) < 4.78 is 5.75. The van der Waals surface area contributed by atoms with E-state index in [1.54, 1.807) is 24.3 Å². The van der Waals surface area contributed by atoms with Crippen LogP contribution in [-0.4, -0.2) is 30.6 Å². The second-order valence-corrected chi connectivity index (χ2v) is 6.46. The highest BCUT2D eigenvalue weighted by molar-refractivity contribution is 6.30. The molecule has 3 rings (SSSR count). The lowest BCUT2D eigenvalue weighted by Crippen LogP contribution is -2.32. The number of hydrogen-bond donors (Lipinski definition) is 1. The molecule has 0 spiro atoms. The van der Waals surface area contributed by atoms with Crippen LogP contribution in [0.15, 0.2) is 55.1 Å². The third-order valence-electron chi connectivity index (χ3n) is 4.11. The number of amides is 1. The fourth-order valence-corrected chi connectivity index (χ4v) is 2.95. The largest absolute Gasteiger partial charge is 0.478 e. The van der Waals surface area contributed by atoms with Crippen LogP contribution in [0.2, 0.25) is 5.02 Å². The average molecular weight is 357 g/mol. The Morgan fingerprint density at radius 2 is 2.08 bits per heavy atom. The molecule has 0 radical (unpaired) electrons. The summed E-state index contributed by atoms with van der Waals surface area (Å²) in [5, 5.41) is 3.56. The van der Waals surface area contributed by atoms with Crippen LogP contribution in [0.4, 0.5) is 0 Å². The predicted molar refractivity (Wildman–Crippen MR) is 100 cm³/mol. The summed E-state index contributed by atoms with van der Waals surface area (Å²) in [4.78, 5) is 14.3. The Kier molecular flexibility index (Phi) is 5.74. The molecule has 1 heterocycles. The van der Waals surface area contributed by atoms with Gasteiger partial charge in [0.25, 0.3) is 5.91 Å². The van der Waals surface area contributed by atoms with Crippen LogP contribution in [0, 0.1) is 0 Å². The van der Waals surface area contributed by atoms with Gasteiger partial charge >= 0.3 is 0 Å². The Morgan fingerprint density at radius 3 is 2.84 bits per heavy atom. The topological polar surface area (TPSA) is 41.6 Å². The third-order valence-corrected chi connectivity index (χ3v) is 4.37. The van der Waals surface area contributed by atoms with Gasteiger partial charge in [0.15, 0.2) is 0 Å². The van der Waals surface area contributed by atoms with Gasteiger partial charge in [-0.25, -0.2) is 0 Å². The number of benzene rings is 2. The number of nitrogens with one attached hydrogen (secondary N) is 1. The minimum atomic E-state index is -0.0879. The zero-order valence-corrected chi connectivity index (χ0v) is 14.8. The molecule has 0 atom stereocenters. The molecule has 0 unspecified atom stereocenters. The van der Waals surface area contributed by atoms with Crippen LogP contribution >= 0.6 is 11.6 Å². The lowest BCUT2D eigenvalue weighted by Gasteiger charge is -2.28. The number of carbonyl (C=O) groups excluding carboxylic acids is 1. The van der Waals surface area contributed by atoms with Gasteiger partial charge in [0.05, 0.1) is 0 Å². The number of fused-ring (bicyclic) bond motifs is 1. The van der Waals surface area contributed by atoms with E-state index in [-0.39, 0.29) is 5.91 Å². The first-order chi connectivity index (χ1) is 12.2. The molecule has 0 bridgehead atoms. The van der Waals surface area contributed by atoms with Crippen LogP contribution < -0.4 is 10.1 Å². The molecule has 1 N–H and O–H groups in total. The molecule has 0 saturated heterocycles. The smallest absolute Gasteiger partial charge is 0.251 e. The maximum Gasteiger partial charge on any atom is 0.251 e. The minimum absolute atomic E-state index is 0.0879. The van der Waals surface area contributed by atoms with Gasteiger partial charge in [-0.1, -0.05) is 29.8 Å². The summed E-state index contributed by atoms with van der Waals surface area (Å²) in [6.07, 6.45) is 2.65. The molecule has 2 aromatic rings. The molecule has 130 valence electrons. The van der Waals surface area contributed by atoms with Crippen LogP contribution in [-0.2, 0) is 13.0 Å². The lowest BCUT2D eigenvalue weighted by molar-refractivity contribution is 0.0954. The Balaban J connectivity index is 1.55. The van der Waals surface area contributed by atoms with Crippen LogP contribution in [0.25, 0.3) is 0 Å². The van der Waals surface area contributed by atoms with Gasteiger partial charge in [-0.2, -0.15) is 0 Å². The van der Waals surface area contributed by atoms with Crippen molar-refractivity contribution in [3.63, 3.8) is 0 Å². The van der Waals surface area contributed by atoms with Gasteiger partial charge in [-0.15, -0.1) is 6.58 Å². The molecule has 1 aliphatic heterocycles. The first kappa shape index (κ1) is 17.5. The highest BCUT2D eigenvalue weighted by atomic mass is 35.5. The number of rotatable bonds is 6. The Hall–Kier alpha value is -2.30. The Labute approximate surface area is 153 Å². The standard InChI is InChI=1S/C20H21ClN2O2/c1-2-11-23-13-17-12-15(3-8-19(17)25-14-23)9-10-22-20(24)16-4-6-18(21)7-5-16/h2-8,12H,1,9-11,13-14H2,(H,22,24). The molecule has 1 aliphatic rings. The fraction of sp³-hybridized carbons (Fsp3) is 0.250. The molecule has 0 fully saturated rings. The Morgan fingerprint density at radius 1 is 1.28 bits per heavy atom. The van der Waals surface area contributed by atoms with Gasteiger partial charge < -0.3 is 10.1 Å². The van der Waals surface area contributed by atoms with Gasteiger partial charge in [0, 0.05) is 35.8 Å². The first-order valence-corrected chi connectivity index (χ1v) is 8.65. The van der Waals surface area contributed by atoms with E-state index in [4.69, 9.17) is 16.3 Å². The summed E-state index contributed by atoms with van der Waals surface area (Å²) >= 11 is 5.84. The maximum atomic E-state index is 12.1. The summed E-state index contributed by atoms with van der Waals surface area (Å²) in [6.45, 7) is 6.60. The molecule has 4 nitrogen and oxygen atoms in total. The quantitative estimate of drug-likeness (QED) is 0.803. The van der Waals surface area contributed by atoms with Gasteiger partial charge in [-0.05, 0) is 42.3 Å². The third kappa shape index (κ3) is 4.62. The van der Waals surface area contributed by atoms with Crippen molar-refractivity contribution in [3.05, 3.63) is 76.8 Å². The van der Waals surface area contributed by atoms with Crippen LogP contribution in [0.1, 0.15) is 21.5 Å². The summed E-state index contributed by atoms with van der Waals surface area (Å²) in [5.41, 5.74) is 2.97. The lowest BCUT2D eigenvalue weighted by atomic mass is 10.1. The second kappa shape index (κ2) is 8.19. The van der Waals surface area contributed by atoms with E-state index < -0.39 is 0 Å². The molecular weight excluding hydrogens is 336 g/mol. The SMILES string of the molecule is C=CCN1COc2ccc(CCNC(=O)c3ccc(Cl)cc3)cc2C1. The van der Waals surface area contributed by atoms with Crippen molar-refractivity contribution in [2.24, 2.45) is 0 Å². The fourth-order valence-electron chi connectivity index (χ4n) is 2.82. The van der Waals surface area contributed by atoms with Gasteiger partial charge in [0.1, 0.15) is 12.5 Å². The summed E-state index contributed by atoms with van der Waals surface area (Å²) in [7, 11) is 0. The molecule has 0 saturated carbocycles. The molecule has 0 aromatic heterocycles. The van der Waals surface area contributed by atoms with E-state index in [9.17, 15) is 4.79 Å². The highest BCUT2D eigenvalue weighted by Crippen LogP contribution is 2.26. The Bertz CT molecular complexity index is 759. The second-order valence-electron chi connectivity index (χ2n) is 6.03. The van der Waals surface area contributed by atoms with E-state index >= 15 is 0 Å². The van der Waals surface area contributed by atoms with Crippen molar-refractivity contribution in [1.29, 1.82) is 0 Å². The molecular formula is C20H21ClN2O2. The van der Waals surface area contributed by atoms with E-state index in [1.165, 1.54) is 11.1 Å². The van der Waals surface area contributed by atoms with E-state index in [0.29, 0.717) is 23.9 Å². The molecule has 2 aromatic carbocycles. The monoisotopic (exact) mass is 356 g/mol. The zero-order valence-electron chi connectivity index (χ0n) is 14.0. The van der Waals surface area contributed by atoms with Gasteiger partial charge in [-0.3, -0.25) is 9.69 Å². The number of nitrogens with zero attached hydrogens (tertiary/aromatic N) is 1. The zero-order chi connectivity index (χ0) is 17.6. The number of hydrogen-bond acceptors (Lipinski definition) is 3. The van der Waals surface area contributed by atoms with E-state index in [2.05, 4.69) is 28.9 Å². The van der Waals surface area contributed by atoms with E-state index in [1.807, 2.05) is 12.1 Å². The van der Waals surface area contributed by atoms with Crippen LogP contribution in [0.3, 0.4) is 0 Å². The normalized spacial score (nSPS) is 13.6. The molecule has 25 heavy (non-hydrogen) atoms. The van der Waals surface area contributed by atoms with Crippen molar-refractivity contribution in [2.45, 2.75) is 13.0 Å². The van der Waals surface area contributed by atoms with Gasteiger partial charge in [0.2, 0.25) is 0 Å². The summed E-state index contributed by atoms with van der Waals surface area (Å²) in [5.74, 6) is 0.851. The van der Waals surface area contributed by atoms with Crippen molar-refractivity contribution in [1.82, 2.24) is 10.2 Å². The van der Waals surface area contributed by atoms with Crippen molar-refractivity contribution >= 4 is 17.5 Å². The number of ether oxygens (including phenoxy) is 1. The van der Waals surface area contributed by atoms with Crippen molar-refractivity contribution in [3.8, 4) is 5.75 Å². The first-order valence-electron chi connectivity index (χ1n) is 8.27. The number of halogens is 1. The van der Waals surface area contributed by atoms with Crippen molar-refractivity contribution < 1.29 is 9.53 Å². The predicted octanol–water partition coefficient (Wildman–Crippen LogP) is 3.65. The van der Waals surface area contributed by atoms with Crippen LogP contribution in [0.5, 0.6) is 5.75 Å². The minimum Gasteiger partial charge on any atom is -0.478 e. The summed E-state index contributed by atoms with van der Waals surface area (Å²) in [6, 6.07) is 13.1. The maximum absolute atomic E-state index is 12.1. The average Bonchev–Trinajstić information content (AvgIpc) is 2.62. The molecule has 0 aliphatic carbocycles. The molecule has 1 amide bonds. The molecule has 5 heteroatoms. The van der Waals surface area contributed by atoms with E-state index in [0.717, 1.165) is 25.3 Å².